The van der Waals surface area contributed by atoms with E-state index < -0.39 is 0 Å². The number of rotatable bonds is 14. The molecule has 1 amide bonds. The van der Waals surface area contributed by atoms with Crippen molar-refractivity contribution in [2.75, 3.05) is 39.3 Å². The molecule has 0 rings (SSSR count). The Bertz CT molecular complexity index is 200. The van der Waals surface area contributed by atoms with Gasteiger partial charge in [0.15, 0.2) is 0 Å². The second-order valence-corrected chi connectivity index (χ2v) is 4.80. The third kappa shape index (κ3) is 15.3. The van der Waals surface area contributed by atoms with Crippen molar-refractivity contribution in [3.05, 3.63) is 0 Å². The Hall–Kier alpha value is -0.650. The number of unbranched alkanes of at least 4 members (excludes halogenated alkanes) is 4. The summed E-state index contributed by atoms with van der Waals surface area (Å²) >= 11 is 0. The summed E-state index contributed by atoms with van der Waals surface area (Å²) in [7, 11) is 0. The Morgan fingerprint density at radius 3 is 2.21 bits per heavy atom. The van der Waals surface area contributed by atoms with Crippen molar-refractivity contribution < 1.29 is 4.79 Å². The summed E-state index contributed by atoms with van der Waals surface area (Å²) in [4.78, 5) is 11.5. The lowest BCUT2D eigenvalue weighted by Crippen LogP contribution is -2.35. The van der Waals surface area contributed by atoms with Gasteiger partial charge in [0.25, 0.3) is 0 Å². The molecule has 0 unspecified atom stereocenters. The summed E-state index contributed by atoms with van der Waals surface area (Å²) in [5.41, 5.74) is 5.36. The normalized spacial score (nSPS) is 10.6. The van der Waals surface area contributed by atoms with Crippen LogP contribution in [-0.4, -0.2) is 45.2 Å². The fraction of sp³-hybridized carbons (Fsp3) is 0.929. The summed E-state index contributed by atoms with van der Waals surface area (Å²) in [6.45, 7) is 7.10. The van der Waals surface area contributed by atoms with Gasteiger partial charge in [-0.1, -0.05) is 32.6 Å². The third-order valence-electron chi connectivity index (χ3n) is 2.93. The number of hydrogen-bond acceptors (Lipinski definition) is 4. The van der Waals surface area contributed by atoms with Gasteiger partial charge in [0.05, 0.1) is 0 Å². The summed E-state index contributed by atoms with van der Waals surface area (Å²) in [6.07, 6.45) is 6.64. The van der Waals surface area contributed by atoms with Crippen LogP contribution in [0.4, 0.5) is 0 Å². The zero-order valence-corrected chi connectivity index (χ0v) is 12.5. The lowest BCUT2D eigenvalue weighted by atomic mass is 10.1. The van der Waals surface area contributed by atoms with E-state index in [0.29, 0.717) is 19.5 Å². The second-order valence-electron chi connectivity index (χ2n) is 4.80. The van der Waals surface area contributed by atoms with Gasteiger partial charge in [-0.25, -0.2) is 0 Å². The monoisotopic (exact) mass is 272 g/mol. The molecular formula is C14H32N4O. The Kier molecular flexibility index (Phi) is 14.9. The van der Waals surface area contributed by atoms with E-state index >= 15 is 0 Å². The van der Waals surface area contributed by atoms with Gasteiger partial charge < -0.3 is 21.7 Å². The minimum Gasteiger partial charge on any atom is -0.355 e. The minimum atomic E-state index is 0.180. The molecule has 5 nitrogen and oxygen atoms in total. The van der Waals surface area contributed by atoms with Gasteiger partial charge in [-0.2, -0.15) is 0 Å². The number of nitrogens with two attached hydrogens (primary N) is 1. The highest BCUT2D eigenvalue weighted by Gasteiger charge is 1.99. The van der Waals surface area contributed by atoms with E-state index in [2.05, 4.69) is 22.9 Å². The molecule has 0 heterocycles. The van der Waals surface area contributed by atoms with Crippen LogP contribution >= 0.6 is 0 Å². The van der Waals surface area contributed by atoms with Crippen LogP contribution in [0.3, 0.4) is 0 Å². The van der Waals surface area contributed by atoms with E-state index in [1.807, 2.05) is 0 Å². The third-order valence-corrected chi connectivity index (χ3v) is 2.93. The molecule has 0 atom stereocenters. The van der Waals surface area contributed by atoms with Gasteiger partial charge in [0, 0.05) is 45.7 Å². The molecule has 0 saturated carbocycles. The summed E-state index contributed by atoms with van der Waals surface area (Å²) in [5, 5.41) is 9.40. The maximum Gasteiger partial charge on any atom is 0.220 e. The molecule has 114 valence electrons. The van der Waals surface area contributed by atoms with Crippen molar-refractivity contribution in [1.82, 2.24) is 16.0 Å². The van der Waals surface area contributed by atoms with Crippen LogP contribution < -0.4 is 21.7 Å². The highest BCUT2D eigenvalue weighted by atomic mass is 16.1. The largest absolute Gasteiger partial charge is 0.355 e. The van der Waals surface area contributed by atoms with Gasteiger partial charge >= 0.3 is 0 Å². The van der Waals surface area contributed by atoms with E-state index in [-0.39, 0.29) is 5.91 Å². The van der Waals surface area contributed by atoms with Crippen molar-refractivity contribution in [2.45, 2.75) is 45.4 Å². The summed E-state index contributed by atoms with van der Waals surface area (Å²) < 4.78 is 0. The van der Waals surface area contributed by atoms with Gasteiger partial charge in [-0.3, -0.25) is 4.79 Å². The van der Waals surface area contributed by atoms with Crippen LogP contribution in [0.25, 0.3) is 0 Å². The molecule has 0 aromatic heterocycles. The van der Waals surface area contributed by atoms with Crippen LogP contribution in [0.5, 0.6) is 0 Å². The highest BCUT2D eigenvalue weighted by Crippen LogP contribution is 2.04. The van der Waals surface area contributed by atoms with Crippen molar-refractivity contribution >= 4 is 5.91 Å². The van der Waals surface area contributed by atoms with Gasteiger partial charge in [0.2, 0.25) is 5.91 Å². The van der Waals surface area contributed by atoms with E-state index in [9.17, 15) is 4.79 Å². The summed E-state index contributed by atoms with van der Waals surface area (Å²) in [5.74, 6) is 0.180. The van der Waals surface area contributed by atoms with Crippen molar-refractivity contribution in [3.63, 3.8) is 0 Å². The molecule has 0 aromatic rings. The number of carbonyl (C=O) groups excluding carboxylic acids is 1. The Morgan fingerprint density at radius 2 is 1.53 bits per heavy atom. The molecule has 0 aliphatic heterocycles. The predicted molar refractivity (Wildman–Crippen MR) is 81.2 cm³/mol. The standard InChI is InChI=1S/C14H32N4O/c1-2-3-4-5-6-7-14(19)18-13-12-17-11-10-16-9-8-15/h16-17H,2-13,15H2,1H3,(H,18,19). The molecular weight excluding hydrogens is 240 g/mol. The topological polar surface area (TPSA) is 79.2 Å². The van der Waals surface area contributed by atoms with Gasteiger partial charge in [-0.15, -0.1) is 0 Å². The molecule has 0 saturated heterocycles. The van der Waals surface area contributed by atoms with Gasteiger partial charge in [0.1, 0.15) is 0 Å². The number of hydrogen-bond donors (Lipinski definition) is 4. The number of nitrogens with one attached hydrogen (secondary N) is 3. The molecule has 0 bridgehead atoms. The van der Waals surface area contributed by atoms with Crippen LogP contribution in [0, 0.1) is 0 Å². The molecule has 5 heteroatoms. The smallest absolute Gasteiger partial charge is 0.220 e. The SMILES string of the molecule is CCCCCCCC(=O)NCCNCCNCCN. The highest BCUT2D eigenvalue weighted by molar-refractivity contribution is 5.75. The van der Waals surface area contributed by atoms with Gasteiger partial charge in [-0.05, 0) is 6.42 Å². The predicted octanol–water partition coefficient (Wildman–Crippen LogP) is 0.601. The lowest BCUT2D eigenvalue weighted by molar-refractivity contribution is -0.121. The quantitative estimate of drug-likeness (QED) is 0.349. The maximum absolute atomic E-state index is 11.5. The van der Waals surface area contributed by atoms with E-state index in [4.69, 9.17) is 5.73 Å². The first kappa shape index (κ1) is 18.4. The zero-order chi connectivity index (χ0) is 14.2. The maximum atomic E-state index is 11.5. The molecule has 0 aliphatic rings. The summed E-state index contributed by atoms with van der Waals surface area (Å²) in [6, 6.07) is 0. The average Bonchev–Trinajstić information content (AvgIpc) is 2.41. The molecule has 19 heavy (non-hydrogen) atoms. The minimum absolute atomic E-state index is 0.180. The fourth-order valence-corrected chi connectivity index (χ4v) is 1.80. The van der Waals surface area contributed by atoms with E-state index in [1.54, 1.807) is 0 Å². The second kappa shape index (κ2) is 15.4. The van der Waals surface area contributed by atoms with Crippen LogP contribution in [0.2, 0.25) is 0 Å². The zero-order valence-electron chi connectivity index (χ0n) is 12.5. The van der Waals surface area contributed by atoms with Crippen molar-refractivity contribution in [3.8, 4) is 0 Å². The molecule has 0 spiro atoms. The molecule has 0 radical (unpaired) electrons. The molecule has 0 fully saturated rings. The van der Waals surface area contributed by atoms with E-state index in [1.165, 1.54) is 25.7 Å². The van der Waals surface area contributed by atoms with Crippen LogP contribution in [0.15, 0.2) is 0 Å². The first-order valence-electron chi connectivity index (χ1n) is 7.69. The van der Waals surface area contributed by atoms with Crippen LogP contribution in [-0.2, 0) is 4.79 Å². The van der Waals surface area contributed by atoms with E-state index in [0.717, 1.165) is 32.6 Å². The van der Waals surface area contributed by atoms with Crippen molar-refractivity contribution in [2.24, 2.45) is 5.73 Å². The molecule has 5 N–H and O–H groups in total. The lowest BCUT2D eigenvalue weighted by Gasteiger charge is -2.07. The Morgan fingerprint density at radius 1 is 0.895 bits per heavy atom. The van der Waals surface area contributed by atoms with Crippen molar-refractivity contribution in [1.29, 1.82) is 0 Å². The number of amides is 1. The Labute approximate surface area is 118 Å². The Balaban J connectivity index is 3.12. The molecule has 0 aliphatic carbocycles. The first-order valence-corrected chi connectivity index (χ1v) is 7.69. The first-order chi connectivity index (χ1) is 9.31. The fourth-order valence-electron chi connectivity index (χ4n) is 1.80. The average molecular weight is 272 g/mol. The van der Waals surface area contributed by atoms with Crippen LogP contribution in [0.1, 0.15) is 45.4 Å². The molecule has 0 aromatic carbocycles. The number of carbonyl (C=O) groups is 1.